The highest BCUT2D eigenvalue weighted by Gasteiger charge is 2.16. The van der Waals surface area contributed by atoms with Gasteiger partial charge in [-0.05, 0) is 30.0 Å². The van der Waals surface area contributed by atoms with Crippen LogP contribution in [0.3, 0.4) is 0 Å². The van der Waals surface area contributed by atoms with E-state index in [1.54, 1.807) is 18.2 Å². The first kappa shape index (κ1) is 14.3. The maximum absolute atomic E-state index is 11.4. The molecule has 0 saturated heterocycles. The third-order valence-corrected chi connectivity index (χ3v) is 3.57. The molecule has 1 unspecified atom stereocenters. The van der Waals surface area contributed by atoms with E-state index < -0.39 is 5.92 Å². The molecule has 0 aliphatic heterocycles. The SMILES string of the molecule is CCCCc1ccc(C(C=O)c2ccccc2O)cc1. The Balaban J connectivity index is 2.24. The summed E-state index contributed by atoms with van der Waals surface area (Å²) in [6.45, 7) is 2.18. The van der Waals surface area contributed by atoms with Gasteiger partial charge in [-0.1, -0.05) is 55.8 Å². The predicted molar refractivity (Wildman–Crippen MR) is 81.1 cm³/mol. The second-order valence-electron chi connectivity index (χ2n) is 5.02. The zero-order valence-corrected chi connectivity index (χ0v) is 11.8. The van der Waals surface area contributed by atoms with E-state index in [9.17, 15) is 9.90 Å². The smallest absolute Gasteiger partial charge is 0.131 e. The maximum Gasteiger partial charge on any atom is 0.131 e. The van der Waals surface area contributed by atoms with Gasteiger partial charge in [-0.2, -0.15) is 0 Å². The monoisotopic (exact) mass is 268 g/mol. The summed E-state index contributed by atoms with van der Waals surface area (Å²) in [7, 11) is 0. The van der Waals surface area contributed by atoms with Crippen molar-refractivity contribution in [3.63, 3.8) is 0 Å². The summed E-state index contributed by atoms with van der Waals surface area (Å²) in [4.78, 5) is 11.4. The Bertz CT molecular complexity index is 558. The minimum absolute atomic E-state index is 0.166. The number of aldehydes is 1. The van der Waals surface area contributed by atoms with E-state index in [4.69, 9.17) is 0 Å². The predicted octanol–water partition coefficient (Wildman–Crippen LogP) is 4.07. The van der Waals surface area contributed by atoms with Crippen LogP contribution in [-0.4, -0.2) is 11.4 Å². The van der Waals surface area contributed by atoms with Gasteiger partial charge in [0.15, 0.2) is 0 Å². The highest BCUT2D eigenvalue weighted by atomic mass is 16.3. The Morgan fingerprint density at radius 2 is 1.80 bits per heavy atom. The first-order valence-corrected chi connectivity index (χ1v) is 7.08. The van der Waals surface area contributed by atoms with Crippen LogP contribution in [0, 0.1) is 0 Å². The van der Waals surface area contributed by atoms with Gasteiger partial charge in [-0.25, -0.2) is 0 Å². The van der Waals surface area contributed by atoms with E-state index in [1.165, 1.54) is 18.4 Å². The second-order valence-corrected chi connectivity index (χ2v) is 5.02. The number of phenolic OH excluding ortho intramolecular Hbond substituents is 1. The summed E-state index contributed by atoms with van der Waals surface area (Å²) in [5.41, 5.74) is 2.86. The molecule has 1 atom stereocenters. The summed E-state index contributed by atoms with van der Waals surface area (Å²) in [6.07, 6.45) is 4.31. The van der Waals surface area contributed by atoms with Crippen LogP contribution in [0.15, 0.2) is 48.5 Å². The fourth-order valence-electron chi connectivity index (χ4n) is 2.35. The lowest BCUT2D eigenvalue weighted by Gasteiger charge is -2.13. The molecule has 0 radical (unpaired) electrons. The fraction of sp³-hybridized carbons (Fsp3) is 0.278. The zero-order valence-electron chi connectivity index (χ0n) is 11.8. The van der Waals surface area contributed by atoms with Crippen LogP contribution in [0.2, 0.25) is 0 Å². The van der Waals surface area contributed by atoms with Crippen LogP contribution >= 0.6 is 0 Å². The average Bonchev–Trinajstić information content (AvgIpc) is 2.49. The molecule has 2 aromatic carbocycles. The van der Waals surface area contributed by atoms with Gasteiger partial charge in [0.05, 0.1) is 5.92 Å². The molecule has 1 N–H and O–H groups in total. The van der Waals surface area contributed by atoms with Crippen LogP contribution in [-0.2, 0) is 11.2 Å². The molecular formula is C18H20O2. The topological polar surface area (TPSA) is 37.3 Å². The summed E-state index contributed by atoms with van der Waals surface area (Å²) in [5.74, 6) is -0.240. The lowest BCUT2D eigenvalue weighted by atomic mass is 9.91. The second kappa shape index (κ2) is 6.90. The number of para-hydroxylation sites is 1. The number of aromatic hydroxyl groups is 1. The summed E-state index contributed by atoms with van der Waals surface area (Å²) >= 11 is 0. The standard InChI is InChI=1S/C18H20O2/c1-2-3-6-14-9-11-15(12-10-14)17(13-19)16-7-4-5-8-18(16)20/h4-5,7-13,17,20H,2-3,6H2,1H3. The van der Waals surface area contributed by atoms with E-state index in [1.807, 2.05) is 18.2 Å². The van der Waals surface area contributed by atoms with E-state index in [0.717, 1.165) is 18.3 Å². The number of hydrogen-bond acceptors (Lipinski definition) is 2. The molecule has 0 aliphatic rings. The summed E-state index contributed by atoms with van der Waals surface area (Å²) in [6, 6.07) is 15.1. The van der Waals surface area contributed by atoms with Crippen molar-refractivity contribution < 1.29 is 9.90 Å². The molecule has 2 aromatic rings. The summed E-state index contributed by atoms with van der Waals surface area (Å²) < 4.78 is 0. The van der Waals surface area contributed by atoms with Gasteiger partial charge in [-0.15, -0.1) is 0 Å². The summed E-state index contributed by atoms with van der Waals surface area (Å²) in [5, 5.41) is 9.89. The van der Waals surface area contributed by atoms with Crippen molar-refractivity contribution in [3.8, 4) is 5.75 Å². The molecule has 2 nitrogen and oxygen atoms in total. The number of aryl methyl sites for hydroxylation is 1. The first-order chi connectivity index (χ1) is 9.76. The Morgan fingerprint density at radius 3 is 2.40 bits per heavy atom. The molecule has 0 spiro atoms. The van der Waals surface area contributed by atoms with Crippen molar-refractivity contribution in [1.82, 2.24) is 0 Å². The lowest BCUT2D eigenvalue weighted by Crippen LogP contribution is -2.03. The number of unbranched alkanes of at least 4 members (excludes halogenated alkanes) is 1. The van der Waals surface area contributed by atoms with Crippen LogP contribution < -0.4 is 0 Å². The third-order valence-electron chi connectivity index (χ3n) is 3.57. The van der Waals surface area contributed by atoms with E-state index in [2.05, 4.69) is 19.1 Å². The molecule has 0 saturated carbocycles. The molecule has 104 valence electrons. The fourth-order valence-corrected chi connectivity index (χ4v) is 2.35. The highest BCUT2D eigenvalue weighted by Crippen LogP contribution is 2.29. The zero-order chi connectivity index (χ0) is 14.4. The van der Waals surface area contributed by atoms with Crippen LogP contribution in [0.5, 0.6) is 5.75 Å². The Labute approximate surface area is 120 Å². The molecule has 20 heavy (non-hydrogen) atoms. The van der Waals surface area contributed by atoms with E-state index in [0.29, 0.717) is 5.56 Å². The third kappa shape index (κ3) is 3.27. The molecular weight excluding hydrogens is 248 g/mol. The van der Waals surface area contributed by atoms with E-state index >= 15 is 0 Å². The number of carbonyl (C=O) groups is 1. The molecule has 2 heteroatoms. The Hall–Kier alpha value is -2.09. The van der Waals surface area contributed by atoms with Crippen molar-refractivity contribution in [2.24, 2.45) is 0 Å². The van der Waals surface area contributed by atoms with Crippen molar-refractivity contribution in [2.75, 3.05) is 0 Å². The molecule has 0 aromatic heterocycles. The van der Waals surface area contributed by atoms with Crippen molar-refractivity contribution in [1.29, 1.82) is 0 Å². The molecule has 0 bridgehead atoms. The van der Waals surface area contributed by atoms with Crippen molar-refractivity contribution >= 4 is 6.29 Å². The van der Waals surface area contributed by atoms with Crippen LogP contribution in [0.25, 0.3) is 0 Å². The molecule has 2 rings (SSSR count). The van der Waals surface area contributed by atoms with Gasteiger partial charge in [0, 0.05) is 5.56 Å². The number of rotatable bonds is 6. The quantitative estimate of drug-likeness (QED) is 0.802. The number of phenols is 1. The van der Waals surface area contributed by atoms with Gasteiger partial charge in [-0.3, -0.25) is 0 Å². The minimum Gasteiger partial charge on any atom is -0.508 e. The van der Waals surface area contributed by atoms with Crippen molar-refractivity contribution in [2.45, 2.75) is 32.1 Å². The first-order valence-electron chi connectivity index (χ1n) is 7.08. The lowest BCUT2D eigenvalue weighted by molar-refractivity contribution is -0.108. The molecule has 0 amide bonds. The molecule has 0 heterocycles. The van der Waals surface area contributed by atoms with Gasteiger partial charge in [0.25, 0.3) is 0 Å². The number of carbonyl (C=O) groups excluding carboxylic acids is 1. The normalized spacial score (nSPS) is 12.1. The Morgan fingerprint density at radius 1 is 1.10 bits per heavy atom. The number of hydrogen-bond donors (Lipinski definition) is 1. The average molecular weight is 268 g/mol. The van der Waals surface area contributed by atoms with Gasteiger partial charge >= 0.3 is 0 Å². The maximum atomic E-state index is 11.4. The van der Waals surface area contributed by atoms with E-state index in [-0.39, 0.29) is 5.75 Å². The highest BCUT2D eigenvalue weighted by molar-refractivity contribution is 5.70. The number of benzene rings is 2. The van der Waals surface area contributed by atoms with Crippen LogP contribution in [0.1, 0.15) is 42.4 Å². The van der Waals surface area contributed by atoms with Crippen LogP contribution in [0.4, 0.5) is 0 Å². The van der Waals surface area contributed by atoms with Gasteiger partial charge in [0.1, 0.15) is 12.0 Å². The van der Waals surface area contributed by atoms with Crippen molar-refractivity contribution in [3.05, 3.63) is 65.2 Å². The Kier molecular flexibility index (Phi) is 4.94. The largest absolute Gasteiger partial charge is 0.508 e. The molecule has 0 aliphatic carbocycles. The minimum atomic E-state index is -0.406. The van der Waals surface area contributed by atoms with Gasteiger partial charge < -0.3 is 9.90 Å². The van der Waals surface area contributed by atoms with Gasteiger partial charge in [0.2, 0.25) is 0 Å². The molecule has 0 fully saturated rings.